The number of thiazole rings is 1. The fraction of sp³-hybridized carbons (Fsp3) is 0.100. The number of ether oxygens (including phenoxy) is 1. The number of halogens is 2. The normalized spacial score (nSPS) is 10.9. The van der Waals surface area contributed by atoms with Gasteiger partial charge in [0.25, 0.3) is 5.91 Å². The SMILES string of the molecule is O=C(Nc1nc(-c2ccccc2OC(F)F)cs1)c1ccc(Cn2cncn2)cc1. The van der Waals surface area contributed by atoms with Crippen molar-refractivity contribution in [3.63, 3.8) is 0 Å². The molecule has 0 bridgehead atoms. The van der Waals surface area contributed by atoms with Crippen LogP contribution in [0.4, 0.5) is 13.9 Å². The van der Waals surface area contributed by atoms with Gasteiger partial charge in [0.2, 0.25) is 0 Å². The highest BCUT2D eigenvalue weighted by Crippen LogP contribution is 2.33. The van der Waals surface area contributed by atoms with E-state index in [1.54, 1.807) is 46.7 Å². The van der Waals surface area contributed by atoms with E-state index in [1.165, 1.54) is 23.7 Å². The molecule has 30 heavy (non-hydrogen) atoms. The van der Waals surface area contributed by atoms with Crippen molar-refractivity contribution in [2.75, 3.05) is 5.32 Å². The Balaban J connectivity index is 1.44. The van der Waals surface area contributed by atoms with Crippen LogP contribution in [-0.2, 0) is 6.54 Å². The zero-order chi connectivity index (χ0) is 20.9. The van der Waals surface area contributed by atoms with Gasteiger partial charge < -0.3 is 4.74 Å². The van der Waals surface area contributed by atoms with E-state index in [2.05, 4.69) is 25.1 Å². The molecule has 2 heterocycles. The molecule has 0 fully saturated rings. The molecule has 2 aromatic heterocycles. The van der Waals surface area contributed by atoms with Gasteiger partial charge in [0.1, 0.15) is 18.4 Å². The number of para-hydroxylation sites is 1. The maximum absolute atomic E-state index is 12.6. The zero-order valence-corrected chi connectivity index (χ0v) is 16.2. The summed E-state index contributed by atoms with van der Waals surface area (Å²) in [5.41, 5.74) is 2.31. The third-order valence-electron chi connectivity index (χ3n) is 4.13. The summed E-state index contributed by atoms with van der Waals surface area (Å²) < 4.78 is 31.4. The van der Waals surface area contributed by atoms with Crippen LogP contribution in [0.25, 0.3) is 11.3 Å². The van der Waals surface area contributed by atoms with Crippen molar-refractivity contribution in [3.8, 4) is 17.0 Å². The average Bonchev–Trinajstić information content (AvgIpc) is 3.41. The fourth-order valence-electron chi connectivity index (χ4n) is 2.76. The summed E-state index contributed by atoms with van der Waals surface area (Å²) in [6, 6.07) is 13.5. The van der Waals surface area contributed by atoms with Crippen LogP contribution >= 0.6 is 11.3 Å². The first-order valence-electron chi connectivity index (χ1n) is 8.81. The second kappa shape index (κ2) is 8.78. The molecule has 0 aliphatic rings. The lowest BCUT2D eigenvalue weighted by Gasteiger charge is -2.08. The smallest absolute Gasteiger partial charge is 0.387 e. The Morgan fingerprint density at radius 1 is 1.17 bits per heavy atom. The van der Waals surface area contributed by atoms with Crippen LogP contribution in [0.2, 0.25) is 0 Å². The predicted octanol–water partition coefficient (Wildman–Crippen LogP) is 4.30. The number of carbonyl (C=O) groups excluding carboxylic acids is 1. The second-order valence-corrected chi connectivity index (χ2v) is 7.01. The molecule has 0 aliphatic heterocycles. The lowest BCUT2D eigenvalue weighted by molar-refractivity contribution is -0.0494. The first-order chi connectivity index (χ1) is 14.6. The van der Waals surface area contributed by atoms with Gasteiger partial charge in [-0.1, -0.05) is 24.3 Å². The molecule has 4 rings (SSSR count). The first kappa shape index (κ1) is 19.6. The Morgan fingerprint density at radius 3 is 2.70 bits per heavy atom. The molecule has 152 valence electrons. The lowest BCUT2D eigenvalue weighted by Crippen LogP contribution is -2.12. The lowest BCUT2D eigenvalue weighted by atomic mass is 10.1. The molecule has 1 N–H and O–H groups in total. The molecule has 0 atom stereocenters. The van der Waals surface area contributed by atoms with Gasteiger partial charge >= 0.3 is 6.61 Å². The number of aromatic nitrogens is 4. The number of rotatable bonds is 7. The summed E-state index contributed by atoms with van der Waals surface area (Å²) in [7, 11) is 0. The molecular formula is C20H15F2N5O2S. The van der Waals surface area contributed by atoms with Crippen LogP contribution in [0.15, 0.2) is 66.6 Å². The van der Waals surface area contributed by atoms with Gasteiger partial charge in [0.15, 0.2) is 5.13 Å². The quantitative estimate of drug-likeness (QED) is 0.476. The van der Waals surface area contributed by atoms with E-state index in [1.807, 2.05) is 12.1 Å². The molecule has 0 radical (unpaired) electrons. The van der Waals surface area contributed by atoms with Crippen LogP contribution in [0.1, 0.15) is 15.9 Å². The van der Waals surface area contributed by atoms with Gasteiger partial charge in [-0.15, -0.1) is 11.3 Å². The van der Waals surface area contributed by atoms with Gasteiger partial charge in [-0.05, 0) is 29.8 Å². The number of amides is 1. The average molecular weight is 427 g/mol. The topological polar surface area (TPSA) is 81.9 Å². The van der Waals surface area contributed by atoms with Crippen molar-refractivity contribution in [1.82, 2.24) is 19.7 Å². The predicted molar refractivity (Wildman–Crippen MR) is 108 cm³/mol. The van der Waals surface area contributed by atoms with Crippen molar-refractivity contribution in [2.45, 2.75) is 13.2 Å². The number of hydrogen-bond donors (Lipinski definition) is 1. The molecule has 2 aromatic carbocycles. The summed E-state index contributed by atoms with van der Waals surface area (Å²) >= 11 is 1.20. The number of nitrogens with one attached hydrogen (secondary N) is 1. The highest BCUT2D eigenvalue weighted by molar-refractivity contribution is 7.14. The Bertz CT molecular complexity index is 1130. The van der Waals surface area contributed by atoms with Gasteiger partial charge in [-0.25, -0.2) is 14.6 Å². The van der Waals surface area contributed by atoms with Gasteiger partial charge in [0.05, 0.1) is 12.2 Å². The minimum absolute atomic E-state index is 0.0265. The Morgan fingerprint density at radius 2 is 1.97 bits per heavy atom. The minimum atomic E-state index is -2.93. The van der Waals surface area contributed by atoms with Crippen LogP contribution in [0.5, 0.6) is 5.75 Å². The zero-order valence-electron chi connectivity index (χ0n) is 15.4. The van der Waals surface area contributed by atoms with Crippen LogP contribution in [0, 0.1) is 0 Å². The van der Waals surface area contributed by atoms with Crippen molar-refractivity contribution in [1.29, 1.82) is 0 Å². The maximum atomic E-state index is 12.6. The van der Waals surface area contributed by atoms with E-state index in [0.29, 0.717) is 28.5 Å². The number of benzene rings is 2. The third-order valence-corrected chi connectivity index (χ3v) is 4.89. The Hall–Kier alpha value is -3.66. The molecule has 7 nitrogen and oxygen atoms in total. The Kier molecular flexibility index (Phi) is 5.75. The van der Waals surface area contributed by atoms with Gasteiger partial charge in [-0.3, -0.25) is 10.1 Å². The van der Waals surface area contributed by atoms with Crippen molar-refractivity contribution in [3.05, 3.63) is 77.7 Å². The van der Waals surface area contributed by atoms with Gasteiger partial charge in [0, 0.05) is 16.5 Å². The second-order valence-electron chi connectivity index (χ2n) is 6.16. The monoisotopic (exact) mass is 427 g/mol. The highest BCUT2D eigenvalue weighted by atomic mass is 32.1. The highest BCUT2D eigenvalue weighted by Gasteiger charge is 2.15. The largest absolute Gasteiger partial charge is 0.434 e. The van der Waals surface area contributed by atoms with E-state index in [4.69, 9.17) is 0 Å². The number of carbonyl (C=O) groups is 1. The number of alkyl halides is 2. The van der Waals surface area contributed by atoms with E-state index in [9.17, 15) is 13.6 Å². The summed E-state index contributed by atoms with van der Waals surface area (Å²) in [5, 5.41) is 8.79. The molecule has 0 saturated carbocycles. The van der Waals surface area contributed by atoms with E-state index < -0.39 is 6.61 Å². The van der Waals surface area contributed by atoms with Crippen LogP contribution in [0.3, 0.4) is 0 Å². The molecule has 1 amide bonds. The standard InChI is InChI=1S/C20H15F2N5O2S/c21-19(22)29-17-4-2-1-3-15(17)16-10-30-20(25-16)26-18(28)14-7-5-13(6-8-14)9-27-12-23-11-24-27/h1-8,10-12,19H,9H2,(H,25,26,28). The summed E-state index contributed by atoms with van der Waals surface area (Å²) in [5.74, 6) is -0.293. The molecule has 0 unspecified atom stereocenters. The molecule has 0 saturated heterocycles. The molecule has 10 heteroatoms. The number of nitrogens with zero attached hydrogens (tertiary/aromatic N) is 4. The maximum Gasteiger partial charge on any atom is 0.387 e. The molecule has 0 spiro atoms. The first-order valence-corrected chi connectivity index (χ1v) is 9.69. The molecule has 4 aromatic rings. The minimum Gasteiger partial charge on any atom is -0.434 e. The van der Waals surface area contributed by atoms with E-state index in [0.717, 1.165) is 5.56 Å². The Labute approximate surface area is 174 Å². The molecule has 0 aliphatic carbocycles. The number of hydrogen-bond acceptors (Lipinski definition) is 6. The van der Waals surface area contributed by atoms with E-state index in [-0.39, 0.29) is 11.7 Å². The number of anilines is 1. The van der Waals surface area contributed by atoms with Gasteiger partial charge in [-0.2, -0.15) is 13.9 Å². The summed E-state index contributed by atoms with van der Waals surface area (Å²) in [6.45, 7) is -2.38. The third kappa shape index (κ3) is 4.66. The van der Waals surface area contributed by atoms with Crippen LogP contribution in [-0.4, -0.2) is 32.3 Å². The van der Waals surface area contributed by atoms with Crippen molar-refractivity contribution < 1.29 is 18.3 Å². The van der Waals surface area contributed by atoms with E-state index >= 15 is 0 Å². The van der Waals surface area contributed by atoms with Crippen LogP contribution < -0.4 is 10.1 Å². The summed E-state index contributed by atoms with van der Waals surface area (Å²) in [6.07, 6.45) is 3.08. The summed E-state index contributed by atoms with van der Waals surface area (Å²) in [4.78, 5) is 20.7. The van der Waals surface area contributed by atoms with Crippen molar-refractivity contribution >= 4 is 22.4 Å². The molecular weight excluding hydrogens is 412 g/mol. The fourth-order valence-corrected chi connectivity index (χ4v) is 3.47. The van der Waals surface area contributed by atoms with Crippen molar-refractivity contribution in [2.24, 2.45) is 0 Å².